The lowest BCUT2D eigenvalue weighted by Gasteiger charge is -2.33. The Labute approximate surface area is 145 Å². The zero-order chi connectivity index (χ0) is 17.8. The molecule has 0 radical (unpaired) electrons. The number of carbonyl (C=O) groups excluding carboxylic acids is 2. The smallest absolute Gasteiger partial charge is 0.329 e. The van der Waals surface area contributed by atoms with Gasteiger partial charge in [-0.2, -0.15) is 0 Å². The van der Waals surface area contributed by atoms with Gasteiger partial charge in [0.1, 0.15) is 11.8 Å². The predicted molar refractivity (Wildman–Crippen MR) is 90.3 cm³/mol. The summed E-state index contributed by atoms with van der Waals surface area (Å²) in [6.07, 6.45) is 1.87. The van der Waals surface area contributed by atoms with E-state index in [4.69, 9.17) is 9.47 Å². The molecule has 1 unspecified atom stereocenters. The number of nitrogens with one attached hydrogen (secondary N) is 2. The summed E-state index contributed by atoms with van der Waals surface area (Å²) in [6.45, 7) is 2.60. The molecule has 0 saturated heterocycles. The van der Waals surface area contributed by atoms with Gasteiger partial charge in [0.05, 0.1) is 43.7 Å². The molecule has 0 spiro atoms. The quantitative estimate of drug-likeness (QED) is 0.826. The van der Waals surface area contributed by atoms with E-state index in [0.717, 1.165) is 11.4 Å². The fourth-order valence-corrected chi connectivity index (χ4v) is 2.83. The molecule has 0 bridgehead atoms. The van der Waals surface area contributed by atoms with Crippen LogP contribution in [0.5, 0.6) is 5.75 Å². The SMILES string of the molecule is CCOc1ccccc1NC(=O)N1Cc2[nH]cnc2CC1C(=O)OC. The molecule has 2 amide bonds. The minimum absolute atomic E-state index is 0.248. The Bertz CT molecular complexity index is 774. The normalized spacial score (nSPS) is 16.1. The van der Waals surface area contributed by atoms with Crippen molar-refractivity contribution in [2.24, 2.45) is 0 Å². The Balaban J connectivity index is 1.83. The number of nitrogens with zero attached hydrogens (tertiary/aromatic N) is 2. The van der Waals surface area contributed by atoms with Gasteiger partial charge in [0.2, 0.25) is 0 Å². The van der Waals surface area contributed by atoms with Gasteiger partial charge in [-0.1, -0.05) is 12.1 Å². The molecule has 0 saturated carbocycles. The molecule has 2 N–H and O–H groups in total. The predicted octanol–water partition coefficient (Wildman–Crippen LogP) is 1.94. The second-order valence-corrected chi connectivity index (χ2v) is 5.56. The minimum atomic E-state index is -0.722. The first-order valence-electron chi connectivity index (χ1n) is 8.02. The molecular formula is C17H20N4O4. The highest BCUT2D eigenvalue weighted by Crippen LogP contribution is 2.26. The number of esters is 1. The number of benzene rings is 1. The first-order chi connectivity index (χ1) is 12.1. The van der Waals surface area contributed by atoms with E-state index in [1.165, 1.54) is 12.0 Å². The topological polar surface area (TPSA) is 96.5 Å². The Morgan fingerprint density at radius 1 is 1.40 bits per heavy atom. The molecule has 3 rings (SSSR count). The molecule has 132 valence electrons. The van der Waals surface area contributed by atoms with E-state index >= 15 is 0 Å². The number of carbonyl (C=O) groups is 2. The number of methoxy groups -OCH3 is 1. The Morgan fingerprint density at radius 2 is 2.20 bits per heavy atom. The lowest BCUT2D eigenvalue weighted by atomic mass is 10.0. The first kappa shape index (κ1) is 16.8. The zero-order valence-electron chi connectivity index (χ0n) is 14.1. The number of anilines is 1. The van der Waals surface area contributed by atoms with Crippen LogP contribution in [0.15, 0.2) is 30.6 Å². The third kappa shape index (κ3) is 3.42. The fourth-order valence-electron chi connectivity index (χ4n) is 2.83. The van der Waals surface area contributed by atoms with Gasteiger partial charge in [0, 0.05) is 6.42 Å². The Morgan fingerprint density at radius 3 is 2.96 bits per heavy atom. The number of ether oxygens (including phenoxy) is 2. The number of fused-ring (bicyclic) bond motifs is 1. The Hall–Kier alpha value is -3.03. The third-order valence-electron chi connectivity index (χ3n) is 4.06. The van der Waals surface area contributed by atoms with Crippen LogP contribution >= 0.6 is 0 Å². The molecule has 25 heavy (non-hydrogen) atoms. The molecule has 2 heterocycles. The van der Waals surface area contributed by atoms with Crippen molar-refractivity contribution in [3.63, 3.8) is 0 Å². The van der Waals surface area contributed by atoms with Crippen LogP contribution < -0.4 is 10.1 Å². The lowest BCUT2D eigenvalue weighted by molar-refractivity contribution is -0.146. The number of H-pyrrole nitrogens is 1. The number of hydrogen-bond donors (Lipinski definition) is 2. The molecule has 1 aliphatic rings. The van der Waals surface area contributed by atoms with Gasteiger partial charge in [-0.3, -0.25) is 0 Å². The van der Waals surface area contributed by atoms with E-state index in [-0.39, 0.29) is 6.54 Å². The molecule has 2 aromatic rings. The highest BCUT2D eigenvalue weighted by atomic mass is 16.5. The van der Waals surface area contributed by atoms with E-state index in [2.05, 4.69) is 15.3 Å². The van der Waals surface area contributed by atoms with Gasteiger partial charge >= 0.3 is 12.0 Å². The summed E-state index contributed by atoms with van der Waals surface area (Å²) in [5, 5.41) is 2.82. The van der Waals surface area contributed by atoms with Gasteiger partial charge in [-0.15, -0.1) is 0 Å². The summed E-state index contributed by atoms with van der Waals surface area (Å²) < 4.78 is 10.4. The van der Waals surface area contributed by atoms with E-state index in [9.17, 15) is 9.59 Å². The molecule has 0 fully saturated rings. The molecule has 1 atom stereocenters. The van der Waals surface area contributed by atoms with Crippen molar-refractivity contribution in [3.8, 4) is 5.75 Å². The molecule has 8 heteroatoms. The summed E-state index contributed by atoms with van der Waals surface area (Å²) in [6, 6.07) is 6.04. The maximum Gasteiger partial charge on any atom is 0.329 e. The van der Waals surface area contributed by atoms with E-state index in [0.29, 0.717) is 24.5 Å². The van der Waals surface area contributed by atoms with E-state index in [1.54, 1.807) is 24.5 Å². The van der Waals surface area contributed by atoms with Crippen molar-refractivity contribution in [2.45, 2.75) is 25.9 Å². The third-order valence-corrected chi connectivity index (χ3v) is 4.06. The van der Waals surface area contributed by atoms with Crippen molar-refractivity contribution in [2.75, 3.05) is 19.0 Å². The number of imidazole rings is 1. The Kier molecular flexibility index (Phi) is 4.87. The maximum atomic E-state index is 12.8. The molecule has 8 nitrogen and oxygen atoms in total. The number of para-hydroxylation sites is 2. The van der Waals surface area contributed by atoms with Gasteiger partial charge in [-0.05, 0) is 19.1 Å². The average molecular weight is 344 g/mol. The van der Waals surface area contributed by atoms with Crippen LogP contribution in [0.2, 0.25) is 0 Å². The van der Waals surface area contributed by atoms with Crippen LogP contribution in [0.3, 0.4) is 0 Å². The van der Waals surface area contributed by atoms with Crippen molar-refractivity contribution in [3.05, 3.63) is 42.0 Å². The standard InChI is InChI=1S/C17H20N4O4/c1-3-25-15-7-5-4-6-11(15)20-17(23)21-9-13-12(18-10-19-13)8-14(21)16(22)24-2/h4-7,10,14H,3,8-9H2,1-2H3,(H,18,19)(H,20,23). The maximum absolute atomic E-state index is 12.8. The molecule has 1 aromatic heterocycles. The summed E-state index contributed by atoms with van der Waals surface area (Å²) in [7, 11) is 1.31. The summed E-state index contributed by atoms with van der Waals surface area (Å²) in [5.74, 6) is 0.106. The fraction of sp³-hybridized carbons (Fsp3) is 0.353. The van der Waals surface area contributed by atoms with Gasteiger partial charge < -0.3 is 24.7 Å². The van der Waals surface area contributed by atoms with Crippen molar-refractivity contribution >= 4 is 17.7 Å². The van der Waals surface area contributed by atoms with Crippen LogP contribution in [0.4, 0.5) is 10.5 Å². The number of rotatable bonds is 4. The first-order valence-corrected chi connectivity index (χ1v) is 8.02. The van der Waals surface area contributed by atoms with Crippen molar-refractivity contribution < 1.29 is 19.1 Å². The number of hydrogen-bond acceptors (Lipinski definition) is 5. The monoisotopic (exact) mass is 344 g/mol. The summed E-state index contributed by atoms with van der Waals surface area (Å²) in [4.78, 5) is 33.6. The lowest BCUT2D eigenvalue weighted by Crippen LogP contribution is -2.50. The largest absolute Gasteiger partial charge is 0.492 e. The molecule has 0 aliphatic carbocycles. The molecule has 1 aliphatic heterocycles. The van der Waals surface area contributed by atoms with Crippen LogP contribution in [0.1, 0.15) is 18.3 Å². The number of aromatic nitrogens is 2. The van der Waals surface area contributed by atoms with Crippen LogP contribution in [-0.2, 0) is 22.5 Å². The summed E-state index contributed by atoms with van der Waals surface area (Å²) in [5.41, 5.74) is 2.14. The van der Waals surface area contributed by atoms with Crippen molar-refractivity contribution in [1.82, 2.24) is 14.9 Å². The molecular weight excluding hydrogens is 324 g/mol. The van der Waals surface area contributed by atoms with Crippen LogP contribution in [0, 0.1) is 0 Å². The highest BCUT2D eigenvalue weighted by Gasteiger charge is 2.37. The van der Waals surface area contributed by atoms with Gasteiger partial charge in [0.15, 0.2) is 0 Å². The second-order valence-electron chi connectivity index (χ2n) is 5.56. The minimum Gasteiger partial charge on any atom is -0.492 e. The van der Waals surface area contributed by atoms with E-state index < -0.39 is 18.0 Å². The van der Waals surface area contributed by atoms with Gasteiger partial charge in [-0.25, -0.2) is 14.6 Å². The number of urea groups is 1. The number of amides is 2. The average Bonchev–Trinajstić information content (AvgIpc) is 3.09. The highest BCUT2D eigenvalue weighted by molar-refractivity contribution is 5.94. The summed E-state index contributed by atoms with van der Waals surface area (Å²) >= 11 is 0. The number of aromatic amines is 1. The van der Waals surface area contributed by atoms with Crippen LogP contribution in [-0.4, -0.2) is 46.6 Å². The van der Waals surface area contributed by atoms with Crippen molar-refractivity contribution in [1.29, 1.82) is 0 Å². The second kappa shape index (κ2) is 7.25. The molecule has 1 aromatic carbocycles. The van der Waals surface area contributed by atoms with Crippen LogP contribution in [0.25, 0.3) is 0 Å². The van der Waals surface area contributed by atoms with Gasteiger partial charge in [0.25, 0.3) is 0 Å². The van der Waals surface area contributed by atoms with E-state index in [1.807, 2.05) is 13.0 Å². The zero-order valence-corrected chi connectivity index (χ0v) is 14.1.